The van der Waals surface area contributed by atoms with Crippen LogP contribution < -0.4 is 15.4 Å². The highest BCUT2D eigenvalue weighted by Gasteiger charge is 2.49. The predicted molar refractivity (Wildman–Crippen MR) is 107 cm³/mol. The van der Waals surface area contributed by atoms with Crippen molar-refractivity contribution in [3.05, 3.63) is 23.2 Å². The monoisotopic (exact) mass is 401 g/mol. The molecule has 4 rings (SSSR count). The molecule has 0 atom stereocenters. The molecule has 1 saturated heterocycles. The van der Waals surface area contributed by atoms with Crippen LogP contribution in [0.1, 0.15) is 38.5 Å². The van der Waals surface area contributed by atoms with Gasteiger partial charge in [0.15, 0.2) is 0 Å². The number of hydrogen-bond donors (Lipinski definition) is 1. The maximum absolute atomic E-state index is 12.7. The van der Waals surface area contributed by atoms with E-state index in [1.165, 1.54) is 17.7 Å². The van der Waals surface area contributed by atoms with E-state index in [0.717, 1.165) is 12.8 Å². The lowest BCUT2D eigenvalue weighted by Crippen LogP contribution is -2.64. The number of nitrogens with two attached hydrogens (primary N) is 1. The highest BCUT2D eigenvalue weighted by Crippen LogP contribution is 2.40. The predicted octanol–water partition coefficient (Wildman–Crippen LogP) is 2.33. The molecule has 1 heterocycles. The van der Waals surface area contributed by atoms with Gasteiger partial charge in [0.05, 0.1) is 11.1 Å². The van der Waals surface area contributed by atoms with Gasteiger partial charge in [0.1, 0.15) is 11.3 Å². The first-order valence-corrected chi connectivity index (χ1v) is 10.1. The van der Waals surface area contributed by atoms with Gasteiger partial charge in [-0.05, 0) is 62.6 Å². The van der Waals surface area contributed by atoms with E-state index >= 15 is 0 Å². The topological polar surface area (TPSA) is 75.9 Å². The highest BCUT2D eigenvalue weighted by atomic mass is 35.5. The Morgan fingerprint density at radius 3 is 2.43 bits per heavy atom. The van der Waals surface area contributed by atoms with Crippen molar-refractivity contribution in [2.75, 3.05) is 18.0 Å². The van der Waals surface area contributed by atoms with Crippen molar-refractivity contribution in [1.82, 2.24) is 4.90 Å². The Kier molecular flexibility index (Phi) is 4.98. The van der Waals surface area contributed by atoms with Gasteiger partial charge in [-0.1, -0.05) is 11.6 Å². The van der Waals surface area contributed by atoms with Crippen LogP contribution in [0.4, 0.5) is 5.69 Å². The normalized spacial score (nSPS) is 21.6. The molecule has 3 fully saturated rings. The molecular weight excluding hydrogens is 378 g/mol. The number of benzene rings is 1. The van der Waals surface area contributed by atoms with Crippen LogP contribution in [-0.4, -0.2) is 47.5 Å². The van der Waals surface area contributed by atoms with Crippen LogP contribution in [0.3, 0.4) is 0 Å². The molecule has 2 aliphatic carbocycles. The first-order valence-electron chi connectivity index (χ1n) is 9.75. The quantitative estimate of drug-likeness (QED) is 0.742. The van der Waals surface area contributed by atoms with Crippen LogP contribution in [0, 0.1) is 12.3 Å². The van der Waals surface area contributed by atoms with E-state index in [0.29, 0.717) is 48.4 Å². The SMILES string of the molecule is C#CC(=O)N(c1ccc(OC2CC2)c(Cl)c1)C1(C(N)=O)CCN(C2CC2)CC1. The maximum atomic E-state index is 12.7. The molecular formula is C21H24ClN3O3. The molecule has 6 nitrogen and oxygen atoms in total. The zero-order valence-corrected chi connectivity index (χ0v) is 16.5. The van der Waals surface area contributed by atoms with Gasteiger partial charge in [-0.15, -0.1) is 6.42 Å². The number of rotatable bonds is 6. The molecule has 2 N–H and O–H groups in total. The molecule has 1 aromatic rings. The molecule has 1 aliphatic heterocycles. The van der Waals surface area contributed by atoms with E-state index < -0.39 is 17.4 Å². The second-order valence-electron chi connectivity index (χ2n) is 7.88. The summed E-state index contributed by atoms with van der Waals surface area (Å²) in [6, 6.07) is 5.67. The van der Waals surface area contributed by atoms with E-state index in [4.69, 9.17) is 28.5 Å². The van der Waals surface area contributed by atoms with Crippen molar-refractivity contribution in [3.8, 4) is 18.1 Å². The number of carbonyl (C=O) groups excluding carboxylic acids is 2. The standard InChI is InChI=1S/C21H24ClN3O3/c1-2-19(26)25(15-5-8-18(17(22)13-15)28-16-6-7-16)21(20(23)27)9-11-24(12-10-21)14-3-4-14/h1,5,8,13-14,16H,3-4,6-7,9-12H2,(H2,23,27). The maximum Gasteiger partial charge on any atom is 0.303 e. The second kappa shape index (κ2) is 7.31. The van der Waals surface area contributed by atoms with Crippen LogP contribution in [0.2, 0.25) is 5.02 Å². The van der Waals surface area contributed by atoms with Gasteiger partial charge in [0, 0.05) is 24.8 Å². The largest absolute Gasteiger partial charge is 0.489 e. The number of piperidine rings is 1. The number of halogens is 1. The number of likely N-dealkylation sites (tertiary alicyclic amines) is 1. The van der Waals surface area contributed by atoms with Gasteiger partial charge in [-0.3, -0.25) is 14.5 Å². The molecule has 1 aromatic carbocycles. The summed E-state index contributed by atoms with van der Waals surface area (Å²) in [6.45, 7) is 1.41. The third kappa shape index (κ3) is 3.57. The van der Waals surface area contributed by atoms with Crippen molar-refractivity contribution in [3.63, 3.8) is 0 Å². The smallest absolute Gasteiger partial charge is 0.303 e. The number of carbonyl (C=O) groups is 2. The minimum Gasteiger partial charge on any atom is -0.489 e. The lowest BCUT2D eigenvalue weighted by Gasteiger charge is -2.46. The molecule has 0 spiro atoms. The summed E-state index contributed by atoms with van der Waals surface area (Å²) in [6.07, 6.45) is 11.0. The number of amides is 2. The fourth-order valence-electron chi connectivity index (χ4n) is 3.99. The van der Waals surface area contributed by atoms with Crippen LogP contribution in [0.15, 0.2) is 18.2 Å². The summed E-state index contributed by atoms with van der Waals surface area (Å²) in [5, 5.41) is 0.384. The summed E-state index contributed by atoms with van der Waals surface area (Å²) in [7, 11) is 0. The number of hydrogen-bond acceptors (Lipinski definition) is 4. The number of terminal acetylenes is 1. The third-order valence-electron chi connectivity index (χ3n) is 5.89. The molecule has 28 heavy (non-hydrogen) atoms. The van der Waals surface area contributed by atoms with Crippen molar-refractivity contribution < 1.29 is 14.3 Å². The number of ether oxygens (including phenoxy) is 1. The summed E-state index contributed by atoms with van der Waals surface area (Å²) < 4.78 is 5.77. The minimum absolute atomic E-state index is 0.204. The zero-order chi connectivity index (χ0) is 19.9. The molecule has 0 unspecified atom stereocenters. The van der Waals surface area contributed by atoms with Gasteiger partial charge in [0.2, 0.25) is 5.91 Å². The summed E-state index contributed by atoms with van der Waals surface area (Å²) in [5.74, 6) is 1.59. The average Bonchev–Trinajstić information content (AvgIpc) is 3.58. The summed E-state index contributed by atoms with van der Waals surface area (Å²) in [4.78, 5) is 29.0. The molecule has 2 amide bonds. The first kappa shape index (κ1) is 19.1. The van der Waals surface area contributed by atoms with Crippen molar-refractivity contribution >= 4 is 29.1 Å². The van der Waals surface area contributed by atoms with Gasteiger partial charge < -0.3 is 15.4 Å². The molecule has 148 valence electrons. The van der Waals surface area contributed by atoms with Crippen LogP contribution in [-0.2, 0) is 9.59 Å². The van der Waals surface area contributed by atoms with E-state index in [9.17, 15) is 9.59 Å². The number of primary amides is 1. The van der Waals surface area contributed by atoms with Crippen LogP contribution >= 0.6 is 11.6 Å². The highest BCUT2D eigenvalue weighted by molar-refractivity contribution is 6.32. The molecule has 0 bridgehead atoms. The van der Waals surface area contributed by atoms with Crippen LogP contribution in [0.25, 0.3) is 0 Å². The Bertz CT molecular complexity index is 834. The van der Waals surface area contributed by atoms with Gasteiger partial charge in [-0.25, -0.2) is 0 Å². The Labute approximate surface area is 169 Å². The molecule has 3 aliphatic rings. The van der Waals surface area contributed by atoms with E-state index in [1.54, 1.807) is 18.2 Å². The average molecular weight is 402 g/mol. The van der Waals surface area contributed by atoms with Gasteiger partial charge >= 0.3 is 5.91 Å². The zero-order valence-electron chi connectivity index (χ0n) is 15.7. The molecule has 0 radical (unpaired) electrons. The van der Waals surface area contributed by atoms with E-state index in [1.807, 2.05) is 0 Å². The number of anilines is 1. The fraction of sp³-hybridized carbons (Fsp3) is 0.524. The Morgan fingerprint density at radius 2 is 1.93 bits per heavy atom. The van der Waals surface area contributed by atoms with E-state index in [2.05, 4.69) is 10.8 Å². The Hall–Kier alpha value is -2.23. The number of nitrogens with zero attached hydrogens (tertiary/aromatic N) is 2. The van der Waals surface area contributed by atoms with Crippen molar-refractivity contribution in [2.45, 2.75) is 56.2 Å². The van der Waals surface area contributed by atoms with Gasteiger partial charge in [-0.2, -0.15) is 0 Å². The Balaban J connectivity index is 1.66. The second-order valence-corrected chi connectivity index (χ2v) is 8.29. The minimum atomic E-state index is -1.16. The first-order chi connectivity index (χ1) is 13.4. The molecule has 2 saturated carbocycles. The molecule has 0 aromatic heterocycles. The van der Waals surface area contributed by atoms with Gasteiger partial charge in [0.25, 0.3) is 0 Å². The molecule has 7 heteroatoms. The Morgan fingerprint density at radius 1 is 1.25 bits per heavy atom. The summed E-state index contributed by atoms with van der Waals surface area (Å²) >= 11 is 6.39. The lowest BCUT2D eigenvalue weighted by molar-refractivity contribution is -0.128. The fourth-order valence-corrected chi connectivity index (χ4v) is 4.21. The summed E-state index contributed by atoms with van der Waals surface area (Å²) in [5.41, 5.74) is 5.15. The van der Waals surface area contributed by atoms with Crippen LogP contribution in [0.5, 0.6) is 5.75 Å². The third-order valence-corrected chi connectivity index (χ3v) is 6.19. The van der Waals surface area contributed by atoms with Crippen molar-refractivity contribution in [1.29, 1.82) is 0 Å². The van der Waals surface area contributed by atoms with Crippen molar-refractivity contribution in [2.24, 2.45) is 5.73 Å². The lowest BCUT2D eigenvalue weighted by atomic mass is 9.84. The van der Waals surface area contributed by atoms with E-state index in [-0.39, 0.29) is 6.10 Å².